The van der Waals surface area contributed by atoms with Crippen molar-refractivity contribution in [1.29, 1.82) is 0 Å². The van der Waals surface area contributed by atoms with Crippen LogP contribution in [0.25, 0.3) is 0 Å². The van der Waals surface area contributed by atoms with E-state index in [1.165, 1.54) is 83.5 Å². The highest BCUT2D eigenvalue weighted by Crippen LogP contribution is 2.37. The highest BCUT2D eigenvalue weighted by atomic mass is 35.5. The van der Waals surface area contributed by atoms with Crippen LogP contribution in [0.4, 0.5) is 0 Å². The fourth-order valence-electron chi connectivity index (χ4n) is 5.28. The Morgan fingerprint density at radius 2 is 1.29 bits per heavy atom. The van der Waals surface area contributed by atoms with Crippen LogP contribution in [0.5, 0.6) is 0 Å². The van der Waals surface area contributed by atoms with Gasteiger partial charge in [0.05, 0.1) is 0 Å². The summed E-state index contributed by atoms with van der Waals surface area (Å²) < 4.78 is 0. The molecule has 0 spiro atoms. The molecule has 0 heterocycles. The van der Waals surface area contributed by atoms with E-state index in [9.17, 15) is 0 Å². The fourth-order valence-corrected chi connectivity index (χ4v) is 5.53. The summed E-state index contributed by atoms with van der Waals surface area (Å²) in [6.07, 6.45) is 18.4. The third-order valence-corrected chi connectivity index (χ3v) is 6.81. The van der Waals surface area contributed by atoms with Gasteiger partial charge in [-0.25, -0.2) is 0 Å². The minimum atomic E-state index is 0.458. The van der Waals surface area contributed by atoms with Crippen molar-refractivity contribution in [3.8, 4) is 0 Å². The number of rotatable bonds is 3. The Labute approximate surface area is 136 Å². The first-order chi connectivity index (χ1) is 10.2. The molecule has 1 nitrogen and oxygen atoms in total. The summed E-state index contributed by atoms with van der Waals surface area (Å²) in [6.45, 7) is 2.47. The molecule has 0 aromatic rings. The molecule has 0 aliphatic heterocycles. The van der Waals surface area contributed by atoms with E-state index in [1.54, 1.807) is 0 Å². The molecule has 2 heteroatoms. The van der Waals surface area contributed by atoms with Crippen molar-refractivity contribution in [1.82, 2.24) is 4.90 Å². The summed E-state index contributed by atoms with van der Waals surface area (Å²) in [7, 11) is 0. The van der Waals surface area contributed by atoms with Crippen LogP contribution in [-0.2, 0) is 0 Å². The van der Waals surface area contributed by atoms with Crippen LogP contribution in [0.1, 0.15) is 90.4 Å². The summed E-state index contributed by atoms with van der Waals surface area (Å²) in [5.74, 6) is 0.944. The molecule has 122 valence electrons. The second-order valence-electron chi connectivity index (χ2n) is 8.07. The first kappa shape index (κ1) is 16.1. The van der Waals surface area contributed by atoms with Crippen molar-refractivity contribution in [3.05, 3.63) is 0 Å². The lowest BCUT2D eigenvalue weighted by Crippen LogP contribution is -2.52. The zero-order valence-electron chi connectivity index (χ0n) is 13.9. The predicted octanol–water partition coefficient (Wildman–Crippen LogP) is 5.75. The van der Waals surface area contributed by atoms with Crippen molar-refractivity contribution in [2.45, 2.75) is 114 Å². The Morgan fingerprint density at radius 1 is 0.667 bits per heavy atom. The van der Waals surface area contributed by atoms with Crippen molar-refractivity contribution < 1.29 is 0 Å². The van der Waals surface area contributed by atoms with Gasteiger partial charge < -0.3 is 0 Å². The Morgan fingerprint density at radius 3 is 1.95 bits per heavy atom. The molecular weight excluding hydrogens is 278 g/mol. The lowest BCUT2D eigenvalue weighted by molar-refractivity contribution is 0.0143. The average molecular weight is 312 g/mol. The van der Waals surface area contributed by atoms with Crippen molar-refractivity contribution in [2.24, 2.45) is 5.92 Å². The molecule has 0 aromatic heterocycles. The van der Waals surface area contributed by atoms with Crippen molar-refractivity contribution >= 4 is 11.6 Å². The molecule has 2 unspecified atom stereocenters. The predicted molar refractivity (Wildman–Crippen MR) is 92.0 cm³/mol. The lowest BCUT2D eigenvalue weighted by Gasteiger charge is -2.48. The van der Waals surface area contributed by atoms with Crippen LogP contribution >= 0.6 is 11.6 Å². The first-order valence-corrected chi connectivity index (χ1v) is 10.1. The van der Waals surface area contributed by atoms with Crippen molar-refractivity contribution in [3.63, 3.8) is 0 Å². The highest BCUT2D eigenvalue weighted by molar-refractivity contribution is 6.20. The SMILES string of the molecule is CC1CCCC(N(C2CCCCC2)C2CCC(Cl)CC2)C1. The van der Waals surface area contributed by atoms with Crippen LogP contribution in [-0.4, -0.2) is 28.4 Å². The highest BCUT2D eigenvalue weighted by Gasteiger charge is 2.36. The van der Waals surface area contributed by atoms with E-state index in [0.717, 1.165) is 24.0 Å². The summed E-state index contributed by atoms with van der Waals surface area (Å²) >= 11 is 6.36. The third kappa shape index (κ3) is 4.16. The number of hydrogen-bond donors (Lipinski definition) is 0. The van der Waals surface area contributed by atoms with Crippen molar-refractivity contribution in [2.75, 3.05) is 0 Å². The molecule has 3 aliphatic rings. The minimum Gasteiger partial charge on any atom is -0.294 e. The van der Waals surface area contributed by atoms with E-state index in [2.05, 4.69) is 11.8 Å². The van der Waals surface area contributed by atoms with Gasteiger partial charge in [0.2, 0.25) is 0 Å². The van der Waals surface area contributed by atoms with Gasteiger partial charge in [-0.05, 0) is 57.3 Å². The fraction of sp³-hybridized carbons (Fsp3) is 1.00. The molecule has 21 heavy (non-hydrogen) atoms. The van der Waals surface area contributed by atoms with Gasteiger partial charge in [-0.3, -0.25) is 4.90 Å². The van der Waals surface area contributed by atoms with Crippen LogP contribution in [0.15, 0.2) is 0 Å². The van der Waals surface area contributed by atoms with E-state index < -0.39 is 0 Å². The van der Waals surface area contributed by atoms with Gasteiger partial charge in [-0.15, -0.1) is 11.6 Å². The zero-order chi connectivity index (χ0) is 14.7. The number of hydrogen-bond acceptors (Lipinski definition) is 1. The van der Waals surface area contributed by atoms with Crippen LogP contribution in [0, 0.1) is 5.92 Å². The summed E-state index contributed by atoms with van der Waals surface area (Å²) in [4.78, 5) is 3.04. The number of halogens is 1. The maximum absolute atomic E-state index is 6.36. The normalized spacial score (nSPS) is 39.6. The molecule has 3 saturated carbocycles. The number of alkyl halides is 1. The van der Waals surface area contributed by atoms with E-state index in [0.29, 0.717) is 5.38 Å². The van der Waals surface area contributed by atoms with Crippen LogP contribution in [0.3, 0.4) is 0 Å². The zero-order valence-corrected chi connectivity index (χ0v) is 14.7. The molecule has 2 atom stereocenters. The smallest absolute Gasteiger partial charge is 0.0337 e. The van der Waals surface area contributed by atoms with E-state index in [-0.39, 0.29) is 0 Å². The maximum atomic E-state index is 6.36. The second-order valence-corrected chi connectivity index (χ2v) is 8.69. The maximum Gasteiger partial charge on any atom is 0.0337 e. The van der Waals surface area contributed by atoms with E-state index >= 15 is 0 Å². The Balaban J connectivity index is 1.70. The summed E-state index contributed by atoms with van der Waals surface area (Å²) in [6, 6.07) is 2.62. The monoisotopic (exact) mass is 311 g/mol. The second kappa shape index (κ2) is 7.68. The molecule has 0 saturated heterocycles. The molecule has 0 radical (unpaired) electrons. The molecular formula is C19H34ClN. The number of nitrogens with zero attached hydrogens (tertiary/aromatic N) is 1. The van der Waals surface area contributed by atoms with E-state index in [1.807, 2.05) is 0 Å². The van der Waals surface area contributed by atoms with Gasteiger partial charge in [-0.1, -0.05) is 39.0 Å². The molecule has 3 fully saturated rings. The summed E-state index contributed by atoms with van der Waals surface area (Å²) in [5, 5.41) is 0.458. The minimum absolute atomic E-state index is 0.458. The van der Waals surface area contributed by atoms with Gasteiger partial charge in [0, 0.05) is 23.5 Å². The van der Waals surface area contributed by atoms with Gasteiger partial charge >= 0.3 is 0 Å². The third-order valence-electron chi connectivity index (χ3n) is 6.37. The topological polar surface area (TPSA) is 3.24 Å². The Hall–Kier alpha value is 0.250. The molecule has 3 rings (SSSR count). The lowest BCUT2D eigenvalue weighted by atomic mass is 9.81. The first-order valence-electron chi connectivity index (χ1n) is 9.65. The Bertz CT molecular complexity index is 305. The van der Waals surface area contributed by atoms with E-state index in [4.69, 9.17) is 11.6 Å². The molecule has 0 aromatic carbocycles. The Kier molecular flexibility index (Phi) is 5.90. The summed E-state index contributed by atoms with van der Waals surface area (Å²) in [5.41, 5.74) is 0. The average Bonchev–Trinajstić information content (AvgIpc) is 2.51. The molecule has 0 N–H and O–H groups in total. The van der Waals surface area contributed by atoms with Crippen LogP contribution in [0.2, 0.25) is 0 Å². The quantitative estimate of drug-likeness (QED) is 0.600. The standard InChI is InChI=1S/C19H34ClN/c1-15-6-5-9-19(14-15)21(17-7-3-2-4-8-17)18-12-10-16(20)11-13-18/h15-19H,2-14H2,1H3. The van der Waals surface area contributed by atoms with Gasteiger partial charge in [0.1, 0.15) is 0 Å². The largest absolute Gasteiger partial charge is 0.294 e. The molecule has 0 amide bonds. The molecule has 0 bridgehead atoms. The van der Waals surface area contributed by atoms with Gasteiger partial charge in [-0.2, -0.15) is 0 Å². The molecule has 3 aliphatic carbocycles. The van der Waals surface area contributed by atoms with Gasteiger partial charge in [0.15, 0.2) is 0 Å². The van der Waals surface area contributed by atoms with Gasteiger partial charge in [0.25, 0.3) is 0 Å². The van der Waals surface area contributed by atoms with Crippen LogP contribution < -0.4 is 0 Å².